The Bertz CT molecular complexity index is 214. The monoisotopic (exact) mass is 264 g/mol. The van der Waals surface area contributed by atoms with Crippen molar-refractivity contribution < 1.29 is 24.2 Å². The molecule has 0 fully saturated rings. The minimum Gasteiger partial charge on any atom is -0.409 e. The number of rotatable bonds is 12. The summed E-state index contributed by atoms with van der Waals surface area (Å²) in [5, 5.41) is 11.2. The number of nitrogens with two attached hydrogens (primary N) is 1. The number of nitrogens with zero attached hydrogens (tertiary/aromatic N) is 1. The third kappa shape index (κ3) is 10.3. The molecule has 18 heavy (non-hydrogen) atoms. The van der Waals surface area contributed by atoms with E-state index in [1.54, 1.807) is 14.0 Å². The van der Waals surface area contributed by atoms with Crippen molar-refractivity contribution in [1.29, 1.82) is 0 Å². The normalized spacial score (nSPS) is 13.8. The van der Waals surface area contributed by atoms with Gasteiger partial charge in [-0.2, -0.15) is 0 Å². The molecular weight excluding hydrogens is 240 g/mol. The molecule has 0 aliphatic rings. The van der Waals surface area contributed by atoms with Gasteiger partial charge in [0.1, 0.15) is 6.10 Å². The lowest BCUT2D eigenvalue weighted by Gasteiger charge is -2.11. The standard InChI is InChI=1S/C11H24N2O5/c1-10(11(12)13-14)18-9-8-17-5-3-4-16-7-6-15-2/h10,14H,3-9H2,1-2H3,(H2,12,13). The fourth-order valence-corrected chi connectivity index (χ4v) is 1.06. The van der Waals surface area contributed by atoms with Crippen molar-refractivity contribution in [2.45, 2.75) is 19.4 Å². The summed E-state index contributed by atoms with van der Waals surface area (Å²) in [4.78, 5) is 0. The number of amidine groups is 1. The lowest BCUT2D eigenvalue weighted by molar-refractivity contribution is 0.0202. The van der Waals surface area contributed by atoms with Gasteiger partial charge in [0.15, 0.2) is 5.84 Å². The minimum atomic E-state index is -0.407. The molecule has 7 nitrogen and oxygen atoms in total. The SMILES string of the molecule is COCCOCCCOCCOC(C)C(N)=NO. The highest BCUT2D eigenvalue weighted by Gasteiger charge is 2.06. The third-order valence-corrected chi connectivity index (χ3v) is 2.14. The lowest BCUT2D eigenvalue weighted by Crippen LogP contribution is -2.29. The lowest BCUT2D eigenvalue weighted by atomic mass is 10.4. The number of hydrogen-bond donors (Lipinski definition) is 2. The molecule has 0 amide bonds. The second-order valence-electron chi connectivity index (χ2n) is 3.61. The van der Waals surface area contributed by atoms with Crippen LogP contribution in [-0.2, 0) is 18.9 Å². The van der Waals surface area contributed by atoms with Crippen LogP contribution in [0.4, 0.5) is 0 Å². The molecule has 0 saturated heterocycles. The average molecular weight is 264 g/mol. The second kappa shape index (κ2) is 12.6. The van der Waals surface area contributed by atoms with Gasteiger partial charge in [0.05, 0.1) is 26.4 Å². The van der Waals surface area contributed by atoms with Crippen LogP contribution in [0.3, 0.4) is 0 Å². The Morgan fingerprint density at radius 2 is 1.72 bits per heavy atom. The molecular formula is C11H24N2O5. The average Bonchev–Trinajstić information content (AvgIpc) is 2.39. The van der Waals surface area contributed by atoms with E-state index in [2.05, 4.69) is 5.16 Å². The Hall–Kier alpha value is -0.890. The molecule has 1 atom stereocenters. The van der Waals surface area contributed by atoms with Gasteiger partial charge in [-0.3, -0.25) is 0 Å². The van der Waals surface area contributed by atoms with Gasteiger partial charge >= 0.3 is 0 Å². The molecule has 0 aromatic rings. The van der Waals surface area contributed by atoms with Crippen molar-refractivity contribution in [1.82, 2.24) is 0 Å². The van der Waals surface area contributed by atoms with Crippen LogP contribution in [0.5, 0.6) is 0 Å². The van der Waals surface area contributed by atoms with Crippen LogP contribution in [0.15, 0.2) is 5.16 Å². The Balaban J connectivity index is 3.16. The van der Waals surface area contributed by atoms with Crippen molar-refractivity contribution >= 4 is 5.84 Å². The van der Waals surface area contributed by atoms with E-state index < -0.39 is 6.10 Å². The molecule has 108 valence electrons. The van der Waals surface area contributed by atoms with Crippen molar-refractivity contribution in [3.63, 3.8) is 0 Å². The van der Waals surface area contributed by atoms with Gasteiger partial charge < -0.3 is 29.9 Å². The summed E-state index contributed by atoms with van der Waals surface area (Å²) >= 11 is 0. The molecule has 0 heterocycles. The maximum absolute atomic E-state index is 8.40. The predicted octanol–water partition coefficient (Wildman–Crippen LogP) is 0.208. The van der Waals surface area contributed by atoms with Crippen LogP contribution in [0, 0.1) is 0 Å². The smallest absolute Gasteiger partial charge is 0.168 e. The zero-order chi connectivity index (χ0) is 13.6. The first kappa shape index (κ1) is 17.1. The summed E-state index contributed by atoms with van der Waals surface area (Å²) in [6.07, 6.45) is 0.426. The molecule has 0 rings (SSSR count). The van der Waals surface area contributed by atoms with Crippen molar-refractivity contribution in [2.24, 2.45) is 10.9 Å². The molecule has 0 aliphatic carbocycles. The molecule has 0 bridgehead atoms. The highest BCUT2D eigenvalue weighted by Crippen LogP contribution is 1.91. The fraction of sp³-hybridized carbons (Fsp3) is 0.909. The van der Waals surface area contributed by atoms with E-state index in [4.69, 9.17) is 29.9 Å². The molecule has 0 aliphatic heterocycles. The van der Waals surface area contributed by atoms with E-state index in [1.807, 2.05) is 0 Å². The topological polar surface area (TPSA) is 95.5 Å². The van der Waals surface area contributed by atoms with Crippen LogP contribution >= 0.6 is 0 Å². The molecule has 1 unspecified atom stereocenters. The first-order chi connectivity index (χ1) is 8.72. The van der Waals surface area contributed by atoms with Crippen LogP contribution in [0.25, 0.3) is 0 Å². The summed E-state index contributed by atoms with van der Waals surface area (Å²) in [6.45, 7) is 5.08. The Kier molecular flexibility index (Phi) is 11.9. The Labute approximate surface area is 108 Å². The summed E-state index contributed by atoms with van der Waals surface area (Å²) in [6, 6.07) is 0. The summed E-state index contributed by atoms with van der Waals surface area (Å²) in [7, 11) is 1.64. The van der Waals surface area contributed by atoms with Crippen molar-refractivity contribution in [3.8, 4) is 0 Å². The molecule has 0 saturated carbocycles. The van der Waals surface area contributed by atoms with Crippen LogP contribution in [-0.4, -0.2) is 63.9 Å². The molecule has 0 aromatic heterocycles. The second-order valence-corrected chi connectivity index (χ2v) is 3.61. The zero-order valence-electron chi connectivity index (χ0n) is 11.1. The molecule has 0 aromatic carbocycles. The first-order valence-electron chi connectivity index (χ1n) is 5.95. The first-order valence-corrected chi connectivity index (χ1v) is 5.95. The molecule has 0 spiro atoms. The Morgan fingerprint density at radius 3 is 2.28 bits per heavy atom. The largest absolute Gasteiger partial charge is 0.409 e. The Morgan fingerprint density at radius 1 is 1.11 bits per heavy atom. The van der Waals surface area contributed by atoms with Gasteiger partial charge in [0.2, 0.25) is 0 Å². The van der Waals surface area contributed by atoms with Crippen LogP contribution in [0.2, 0.25) is 0 Å². The molecule has 3 N–H and O–H groups in total. The maximum Gasteiger partial charge on any atom is 0.168 e. The highest BCUT2D eigenvalue weighted by atomic mass is 16.5. The third-order valence-electron chi connectivity index (χ3n) is 2.14. The van der Waals surface area contributed by atoms with E-state index >= 15 is 0 Å². The number of ether oxygens (including phenoxy) is 4. The number of methoxy groups -OCH3 is 1. The highest BCUT2D eigenvalue weighted by molar-refractivity contribution is 5.83. The summed E-state index contributed by atoms with van der Waals surface area (Å²) < 4.78 is 20.7. The van der Waals surface area contributed by atoms with Crippen LogP contribution in [0.1, 0.15) is 13.3 Å². The van der Waals surface area contributed by atoms with Crippen molar-refractivity contribution in [2.75, 3.05) is 46.8 Å². The van der Waals surface area contributed by atoms with E-state index in [0.717, 1.165) is 6.42 Å². The molecule has 7 heteroatoms. The maximum atomic E-state index is 8.40. The zero-order valence-corrected chi connectivity index (χ0v) is 11.1. The van der Waals surface area contributed by atoms with E-state index in [9.17, 15) is 0 Å². The van der Waals surface area contributed by atoms with Gasteiger partial charge in [0.25, 0.3) is 0 Å². The minimum absolute atomic E-state index is 0.0570. The van der Waals surface area contributed by atoms with Gasteiger partial charge in [-0.1, -0.05) is 5.16 Å². The number of hydrogen-bond acceptors (Lipinski definition) is 6. The van der Waals surface area contributed by atoms with Gasteiger partial charge in [0, 0.05) is 20.3 Å². The molecule has 0 radical (unpaired) electrons. The predicted molar refractivity (Wildman–Crippen MR) is 67.0 cm³/mol. The van der Waals surface area contributed by atoms with E-state index in [-0.39, 0.29) is 5.84 Å². The van der Waals surface area contributed by atoms with Gasteiger partial charge in [-0.05, 0) is 13.3 Å². The van der Waals surface area contributed by atoms with E-state index in [1.165, 1.54) is 0 Å². The van der Waals surface area contributed by atoms with E-state index in [0.29, 0.717) is 39.6 Å². The van der Waals surface area contributed by atoms with Gasteiger partial charge in [-0.15, -0.1) is 0 Å². The quantitative estimate of drug-likeness (QED) is 0.172. The number of oxime groups is 1. The van der Waals surface area contributed by atoms with Crippen molar-refractivity contribution in [3.05, 3.63) is 0 Å². The summed E-state index contributed by atoms with van der Waals surface area (Å²) in [5.41, 5.74) is 5.34. The summed E-state index contributed by atoms with van der Waals surface area (Å²) in [5.74, 6) is 0.0570. The van der Waals surface area contributed by atoms with Crippen LogP contribution < -0.4 is 5.73 Å². The fourth-order valence-electron chi connectivity index (χ4n) is 1.06. The van der Waals surface area contributed by atoms with Gasteiger partial charge in [-0.25, -0.2) is 0 Å².